The number of nitrogens with one attached hydrogen (secondary N) is 1. The van der Waals surface area contributed by atoms with Crippen molar-refractivity contribution in [2.24, 2.45) is 0 Å². The predicted octanol–water partition coefficient (Wildman–Crippen LogP) is 1.95. The van der Waals surface area contributed by atoms with Crippen LogP contribution in [0.15, 0.2) is 12.1 Å². The van der Waals surface area contributed by atoms with Crippen molar-refractivity contribution in [2.45, 2.75) is 6.42 Å². The molecule has 0 radical (unpaired) electrons. The zero-order valence-electron chi connectivity index (χ0n) is 9.22. The van der Waals surface area contributed by atoms with Gasteiger partial charge in [0.2, 0.25) is 0 Å². The molecule has 0 unspecified atom stereocenters. The number of hydrogen-bond acceptors (Lipinski definition) is 2. The quantitative estimate of drug-likeness (QED) is 0.865. The zero-order valence-corrected chi connectivity index (χ0v) is 9.22. The van der Waals surface area contributed by atoms with E-state index in [2.05, 4.69) is 10.2 Å². The van der Waals surface area contributed by atoms with Crippen LogP contribution in [0.2, 0.25) is 0 Å². The Hall–Kier alpha value is -1.49. The van der Waals surface area contributed by atoms with Crippen LogP contribution in [0.1, 0.15) is 5.69 Å². The van der Waals surface area contributed by atoms with E-state index in [4.69, 9.17) is 0 Å². The summed E-state index contributed by atoms with van der Waals surface area (Å²) in [6.45, 7) is 0.757. The first kappa shape index (κ1) is 11.0. The lowest BCUT2D eigenvalue weighted by molar-refractivity contribution is 0.412. The minimum atomic E-state index is -0.833. The van der Waals surface area contributed by atoms with Crippen LogP contribution in [0.4, 0.5) is 8.78 Å². The number of H-pyrrole nitrogens is 1. The highest BCUT2D eigenvalue weighted by Gasteiger charge is 2.13. The van der Waals surface area contributed by atoms with Crippen LogP contribution >= 0.6 is 0 Å². The molecule has 3 nitrogen and oxygen atoms in total. The van der Waals surface area contributed by atoms with Gasteiger partial charge in [0.25, 0.3) is 0 Å². The van der Waals surface area contributed by atoms with E-state index in [1.807, 2.05) is 19.0 Å². The third-order valence-electron chi connectivity index (χ3n) is 2.49. The molecule has 0 amide bonds. The second kappa shape index (κ2) is 4.17. The summed E-state index contributed by atoms with van der Waals surface area (Å²) in [5.41, 5.74) is 1.10. The number of aromatic nitrogens is 2. The number of rotatable bonds is 3. The maximum atomic E-state index is 13.6. The van der Waals surface area contributed by atoms with E-state index >= 15 is 0 Å². The summed E-state index contributed by atoms with van der Waals surface area (Å²) < 4.78 is 26.6. The van der Waals surface area contributed by atoms with Crippen molar-refractivity contribution in [3.05, 3.63) is 29.5 Å². The van der Waals surface area contributed by atoms with Crippen LogP contribution in [0, 0.1) is 11.6 Å². The Kier molecular flexibility index (Phi) is 2.87. The maximum absolute atomic E-state index is 13.6. The Morgan fingerprint density at radius 1 is 1.31 bits per heavy atom. The van der Waals surface area contributed by atoms with Gasteiger partial charge in [0.15, 0.2) is 11.6 Å². The van der Waals surface area contributed by atoms with Crippen molar-refractivity contribution in [3.8, 4) is 0 Å². The highest BCUT2D eigenvalue weighted by molar-refractivity contribution is 5.82. The van der Waals surface area contributed by atoms with Gasteiger partial charge in [-0.15, -0.1) is 0 Å². The van der Waals surface area contributed by atoms with Crippen molar-refractivity contribution >= 4 is 10.9 Å². The normalized spacial score (nSPS) is 11.6. The van der Waals surface area contributed by atoms with Crippen molar-refractivity contribution in [1.82, 2.24) is 15.1 Å². The van der Waals surface area contributed by atoms with Crippen LogP contribution < -0.4 is 0 Å². The standard InChI is InChI=1S/C11H13F2N3/c1-16(2)6-5-9-10-8(14-15-9)4-3-7(12)11(10)13/h3-4H,5-6H2,1-2H3,(H,14,15). The van der Waals surface area contributed by atoms with Gasteiger partial charge in [-0.1, -0.05) is 0 Å². The van der Waals surface area contributed by atoms with Crippen LogP contribution in [0.3, 0.4) is 0 Å². The predicted molar refractivity (Wildman–Crippen MR) is 58.3 cm³/mol. The Labute approximate surface area is 92.1 Å². The summed E-state index contributed by atoms with van der Waals surface area (Å²) in [5.74, 6) is -1.65. The molecule has 2 rings (SSSR count). The Morgan fingerprint density at radius 3 is 2.75 bits per heavy atom. The molecule has 16 heavy (non-hydrogen) atoms. The first-order valence-electron chi connectivity index (χ1n) is 5.05. The molecule has 0 fully saturated rings. The second-order valence-electron chi connectivity index (χ2n) is 4.01. The summed E-state index contributed by atoms with van der Waals surface area (Å²) >= 11 is 0. The van der Waals surface area contributed by atoms with Gasteiger partial charge in [0.05, 0.1) is 10.9 Å². The molecule has 0 saturated carbocycles. The largest absolute Gasteiger partial charge is 0.309 e. The lowest BCUT2D eigenvalue weighted by Gasteiger charge is -2.07. The summed E-state index contributed by atoms with van der Waals surface area (Å²) in [6, 6.07) is 2.57. The average Bonchev–Trinajstić information content (AvgIpc) is 2.64. The minimum absolute atomic E-state index is 0.266. The fourth-order valence-electron chi connectivity index (χ4n) is 1.62. The molecular formula is C11H13F2N3. The number of likely N-dealkylation sites (N-methyl/N-ethyl adjacent to an activating group) is 1. The van der Waals surface area contributed by atoms with Gasteiger partial charge >= 0.3 is 0 Å². The molecule has 0 bridgehead atoms. The van der Waals surface area contributed by atoms with Gasteiger partial charge in [-0.3, -0.25) is 5.10 Å². The molecule has 0 aliphatic heterocycles. The summed E-state index contributed by atoms with van der Waals surface area (Å²) in [4.78, 5) is 1.98. The monoisotopic (exact) mass is 225 g/mol. The number of hydrogen-bond donors (Lipinski definition) is 1. The van der Waals surface area contributed by atoms with Crippen molar-refractivity contribution < 1.29 is 8.78 Å². The fourth-order valence-corrected chi connectivity index (χ4v) is 1.62. The Morgan fingerprint density at radius 2 is 2.06 bits per heavy atom. The van der Waals surface area contributed by atoms with Crippen LogP contribution in [0.25, 0.3) is 10.9 Å². The molecule has 2 aromatic rings. The number of nitrogens with zero attached hydrogens (tertiary/aromatic N) is 2. The van der Waals surface area contributed by atoms with E-state index in [1.54, 1.807) is 0 Å². The maximum Gasteiger partial charge on any atom is 0.170 e. The van der Waals surface area contributed by atoms with Gasteiger partial charge in [-0.05, 0) is 26.2 Å². The highest BCUT2D eigenvalue weighted by Crippen LogP contribution is 2.22. The van der Waals surface area contributed by atoms with E-state index in [0.29, 0.717) is 17.6 Å². The number of fused-ring (bicyclic) bond motifs is 1. The topological polar surface area (TPSA) is 31.9 Å². The first-order chi connectivity index (χ1) is 7.59. The lowest BCUT2D eigenvalue weighted by Crippen LogP contribution is -2.15. The van der Waals surface area contributed by atoms with Gasteiger partial charge in [-0.2, -0.15) is 5.10 Å². The summed E-state index contributed by atoms with van der Waals surface area (Å²) in [6.07, 6.45) is 0.615. The van der Waals surface area contributed by atoms with Crippen LogP contribution in [-0.4, -0.2) is 35.7 Å². The van der Waals surface area contributed by atoms with Crippen molar-refractivity contribution in [1.29, 1.82) is 0 Å². The highest BCUT2D eigenvalue weighted by atomic mass is 19.2. The molecule has 1 heterocycles. The zero-order chi connectivity index (χ0) is 11.7. The van der Waals surface area contributed by atoms with Gasteiger partial charge in [0.1, 0.15) is 0 Å². The molecular weight excluding hydrogens is 212 g/mol. The molecule has 0 aliphatic rings. The fraction of sp³-hybridized carbons (Fsp3) is 0.364. The van der Waals surface area contributed by atoms with Crippen LogP contribution in [-0.2, 0) is 6.42 Å². The smallest absolute Gasteiger partial charge is 0.170 e. The van der Waals surface area contributed by atoms with Crippen molar-refractivity contribution in [3.63, 3.8) is 0 Å². The average molecular weight is 225 g/mol. The Bertz CT molecular complexity index is 505. The number of benzene rings is 1. The van der Waals surface area contributed by atoms with E-state index in [-0.39, 0.29) is 5.39 Å². The third-order valence-corrected chi connectivity index (χ3v) is 2.49. The van der Waals surface area contributed by atoms with Crippen molar-refractivity contribution in [2.75, 3.05) is 20.6 Å². The third kappa shape index (κ3) is 1.90. The van der Waals surface area contributed by atoms with E-state index < -0.39 is 11.6 Å². The van der Waals surface area contributed by atoms with Gasteiger partial charge in [0, 0.05) is 18.7 Å². The molecule has 0 atom stereocenters. The summed E-state index contributed by atoms with van der Waals surface area (Å²) in [5, 5.41) is 6.97. The van der Waals surface area contributed by atoms with Gasteiger partial charge < -0.3 is 4.90 Å². The van der Waals surface area contributed by atoms with Crippen LogP contribution in [0.5, 0.6) is 0 Å². The lowest BCUT2D eigenvalue weighted by atomic mass is 10.1. The molecule has 0 spiro atoms. The van der Waals surface area contributed by atoms with Gasteiger partial charge in [-0.25, -0.2) is 8.78 Å². The molecule has 86 valence electrons. The van der Waals surface area contributed by atoms with E-state index in [1.165, 1.54) is 6.07 Å². The molecule has 1 N–H and O–H groups in total. The molecule has 0 aliphatic carbocycles. The van der Waals surface area contributed by atoms with E-state index in [0.717, 1.165) is 12.6 Å². The molecule has 1 aromatic heterocycles. The number of halogens is 2. The van der Waals surface area contributed by atoms with E-state index in [9.17, 15) is 8.78 Å². The second-order valence-corrected chi connectivity index (χ2v) is 4.01. The minimum Gasteiger partial charge on any atom is -0.309 e. The summed E-state index contributed by atoms with van der Waals surface area (Å²) in [7, 11) is 3.85. The molecule has 0 saturated heterocycles. The number of aromatic amines is 1. The first-order valence-corrected chi connectivity index (χ1v) is 5.05. The SMILES string of the molecule is CN(C)CCc1[nH]nc2ccc(F)c(F)c12. The molecule has 5 heteroatoms. The Balaban J connectivity index is 2.42. The molecule has 1 aromatic carbocycles.